The van der Waals surface area contributed by atoms with Gasteiger partial charge in [0.05, 0.1) is 17.1 Å². The van der Waals surface area contributed by atoms with Crippen molar-refractivity contribution in [3.8, 4) is 0 Å². The molecule has 1 N–H and O–H groups in total. The monoisotopic (exact) mass is 326 g/mol. The summed E-state index contributed by atoms with van der Waals surface area (Å²) in [6, 6.07) is 6.22. The van der Waals surface area contributed by atoms with E-state index in [0.717, 1.165) is 34.3 Å². The Morgan fingerprint density at radius 3 is 3.11 bits per heavy atom. The van der Waals surface area contributed by atoms with Gasteiger partial charge in [0.2, 0.25) is 0 Å². The Kier molecular flexibility index (Phi) is 3.30. The topological polar surface area (TPSA) is 29.9 Å². The van der Waals surface area contributed by atoms with E-state index < -0.39 is 0 Å². The average Bonchev–Trinajstić information content (AvgIpc) is 2.85. The Balaban J connectivity index is 2.01. The van der Waals surface area contributed by atoms with Gasteiger partial charge in [-0.15, -0.1) is 0 Å². The molecule has 0 aliphatic carbocycles. The third-order valence-electron chi connectivity index (χ3n) is 3.69. The van der Waals surface area contributed by atoms with Crippen molar-refractivity contribution >= 4 is 39.2 Å². The van der Waals surface area contributed by atoms with Crippen LogP contribution in [0.5, 0.6) is 0 Å². The fraction of sp³-hybridized carbons (Fsp3) is 0.462. The average molecular weight is 327 g/mol. The molecule has 0 amide bonds. The number of nitrogens with zero attached hydrogens (tertiary/aromatic N) is 1. The van der Waals surface area contributed by atoms with E-state index in [9.17, 15) is 0 Å². The maximum absolute atomic E-state index is 5.62. The maximum atomic E-state index is 5.62. The van der Waals surface area contributed by atoms with E-state index in [4.69, 9.17) is 17.0 Å². The van der Waals surface area contributed by atoms with Gasteiger partial charge in [-0.25, -0.2) is 0 Å². The number of hydrogen-bond donors (Lipinski definition) is 1. The number of H-pyrrole nitrogens is 1. The summed E-state index contributed by atoms with van der Waals surface area (Å²) in [5.74, 6) is 0.555. The van der Waals surface area contributed by atoms with Crippen molar-refractivity contribution in [2.24, 2.45) is 5.92 Å². The van der Waals surface area contributed by atoms with E-state index in [1.807, 2.05) is 0 Å². The van der Waals surface area contributed by atoms with Gasteiger partial charge in [-0.05, 0) is 43.8 Å². The van der Waals surface area contributed by atoms with Gasteiger partial charge in [0.25, 0.3) is 0 Å². The van der Waals surface area contributed by atoms with Crippen molar-refractivity contribution in [3.63, 3.8) is 0 Å². The number of halogens is 1. The number of hydrogen-bond acceptors (Lipinski definition) is 2. The van der Waals surface area contributed by atoms with Crippen LogP contribution in [0.4, 0.5) is 0 Å². The molecule has 1 aromatic carbocycles. The standard InChI is InChI=1S/C13H15BrN2OS/c1-8-9(4-5-17-8)7-16-12-3-2-10(14)6-11(12)15-13(16)18/h2-3,6,8-9H,4-5,7H2,1H3,(H,15,18). The highest BCUT2D eigenvalue weighted by atomic mass is 79.9. The summed E-state index contributed by atoms with van der Waals surface area (Å²) >= 11 is 8.90. The molecule has 1 aromatic heterocycles. The van der Waals surface area contributed by atoms with Crippen molar-refractivity contribution in [3.05, 3.63) is 27.4 Å². The molecule has 1 aliphatic heterocycles. The number of rotatable bonds is 2. The summed E-state index contributed by atoms with van der Waals surface area (Å²) in [6.07, 6.45) is 1.44. The van der Waals surface area contributed by atoms with Crippen LogP contribution in [-0.2, 0) is 11.3 Å². The first-order valence-electron chi connectivity index (χ1n) is 6.15. The second kappa shape index (κ2) is 4.79. The first-order chi connectivity index (χ1) is 8.65. The van der Waals surface area contributed by atoms with E-state index in [2.05, 4.69) is 50.6 Å². The summed E-state index contributed by atoms with van der Waals surface area (Å²) in [6.45, 7) is 3.95. The fourth-order valence-corrected chi connectivity index (χ4v) is 3.21. The molecule has 5 heteroatoms. The van der Waals surface area contributed by atoms with Crippen LogP contribution in [0.25, 0.3) is 11.0 Å². The smallest absolute Gasteiger partial charge is 0.178 e. The second-order valence-electron chi connectivity index (χ2n) is 4.83. The van der Waals surface area contributed by atoms with Gasteiger partial charge in [-0.2, -0.15) is 0 Å². The van der Waals surface area contributed by atoms with E-state index in [0.29, 0.717) is 12.0 Å². The van der Waals surface area contributed by atoms with Gasteiger partial charge >= 0.3 is 0 Å². The number of fused-ring (bicyclic) bond motifs is 1. The van der Waals surface area contributed by atoms with Crippen molar-refractivity contribution in [1.82, 2.24) is 9.55 Å². The minimum Gasteiger partial charge on any atom is -0.378 e. The Bertz CT molecular complexity index is 633. The van der Waals surface area contributed by atoms with Gasteiger partial charge in [-0.3, -0.25) is 0 Å². The van der Waals surface area contributed by atoms with Crippen LogP contribution in [0.1, 0.15) is 13.3 Å². The van der Waals surface area contributed by atoms with Gasteiger partial charge in [0, 0.05) is 23.5 Å². The molecular weight excluding hydrogens is 312 g/mol. The van der Waals surface area contributed by atoms with Crippen molar-refractivity contribution in [2.45, 2.75) is 26.0 Å². The summed E-state index contributed by atoms with van der Waals surface area (Å²) in [5, 5.41) is 0. The van der Waals surface area contributed by atoms with Crippen LogP contribution in [0.2, 0.25) is 0 Å². The Labute approximate surface area is 119 Å². The normalized spacial score (nSPS) is 23.9. The first kappa shape index (κ1) is 12.4. The largest absolute Gasteiger partial charge is 0.378 e. The predicted molar refractivity (Wildman–Crippen MR) is 78.3 cm³/mol. The Hall–Kier alpha value is -0.650. The van der Waals surface area contributed by atoms with Crippen molar-refractivity contribution in [2.75, 3.05) is 6.61 Å². The van der Waals surface area contributed by atoms with Gasteiger partial charge in [0.15, 0.2) is 4.77 Å². The first-order valence-corrected chi connectivity index (χ1v) is 7.35. The molecule has 2 aromatic rings. The Morgan fingerprint density at radius 1 is 1.56 bits per heavy atom. The molecular formula is C13H15BrN2OS. The minimum atomic E-state index is 0.326. The van der Waals surface area contributed by atoms with E-state index in [-0.39, 0.29) is 0 Å². The highest BCUT2D eigenvalue weighted by Crippen LogP contribution is 2.25. The van der Waals surface area contributed by atoms with Crippen LogP contribution in [0.3, 0.4) is 0 Å². The van der Waals surface area contributed by atoms with Gasteiger partial charge in [-0.1, -0.05) is 15.9 Å². The lowest BCUT2D eigenvalue weighted by molar-refractivity contribution is 0.102. The molecule has 0 saturated carbocycles. The number of nitrogens with one attached hydrogen (secondary N) is 1. The van der Waals surface area contributed by atoms with Crippen LogP contribution >= 0.6 is 28.1 Å². The number of aromatic nitrogens is 2. The van der Waals surface area contributed by atoms with E-state index in [1.54, 1.807) is 0 Å². The maximum Gasteiger partial charge on any atom is 0.178 e. The molecule has 1 saturated heterocycles. The lowest BCUT2D eigenvalue weighted by Gasteiger charge is -2.15. The van der Waals surface area contributed by atoms with Crippen LogP contribution in [0.15, 0.2) is 22.7 Å². The lowest BCUT2D eigenvalue weighted by atomic mass is 10.0. The zero-order valence-electron chi connectivity index (χ0n) is 10.1. The van der Waals surface area contributed by atoms with Gasteiger partial charge < -0.3 is 14.3 Å². The second-order valence-corrected chi connectivity index (χ2v) is 6.13. The summed E-state index contributed by atoms with van der Waals surface area (Å²) in [4.78, 5) is 3.26. The molecule has 2 unspecified atom stereocenters. The van der Waals surface area contributed by atoms with Crippen LogP contribution < -0.4 is 0 Å². The molecule has 2 heterocycles. The predicted octanol–water partition coefficient (Wildman–Crippen LogP) is 3.89. The van der Waals surface area contributed by atoms with Crippen LogP contribution in [-0.4, -0.2) is 22.3 Å². The fourth-order valence-electron chi connectivity index (χ4n) is 2.57. The molecule has 2 atom stereocenters. The molecule has 3 nitrogen and oxygen atoms in total. The summed E-state index contributed by atoms with van der Waals surface area (Å²) in [5.41, 5.74) is 2.25. The third kappa shape index (κ3) is 2.15. The van der Waals surface area contributed by atoms with Crippen LogP contribution in [0, 0.1) is 10.7 Å². The lowest BCUT2D eigenvalue weighted by Crippen LogP contribution is -2.17. The minimum absolute atomic E-state index is 0.326. The zero-order chi connectivity index (χ0) is 12.7. The Morgan fingerprint density at radius 2 is 2.39 bits per heavy atom. The molecule has 0 bridgehead atoms. The molecule has 1 aliphatic rings. The number of benzene rings is 1. The zero-order valence-corrected chi connectivity index (χ0v) is 12.6. The molecule has 0 spiro atoms. The van der Waals surface area contributed by atoms with E-state index >= 15 is 0 Å². The SMILES string of the molecule is CC1OCCC1Cn1c(=S)[nH]c2cc(Br)ccc21. The quantitative estimate of drug-likeness (QED) is 0.848. The van der Waals surface area contributed by atoms with E-state index in [1.165, 1.54) is 5.52 Å². The molecule has 3 rings (SSSR count). The summed E-state index contributed by atoms with van der Waals surface area (Å²) < 4.78 is 9.67. The molecule has 96 valence electrons. The van der Waals surface area contributed by atoms with Gasteiger partial charge in [0.1, 0.15) is 0 Å². The van der Waals surface area contributed by atoms with Crippen molar-refractivity contribution < 1.29 is 4.74 Å². The highest BCUT2D eigenvalue weighted by Gasteiger charge is 2.25. The number of ether oxygens (including phenoxy) is 1. The molecule has 0 radical (unpaired) electrons. The molecule has 1 fully saturated rings. The number of imidazole rings is 1. The summed E-state index contributed by atoms with van der Waals surface area (Å²) in [7, 11) is 0. The highest BCUT2D eigenvalue weighted by molar-refractivity contribution is 9.10. The molecule has 18 heavy (non-hydrogen) atoms. The van der Waals surface area contributed by atoms with Crippen molar-refractivity contribution in [1.29, 1.82) is 0 Å². The number of aromatic amines is 1. The third-order valence-corrected chi connectivity index (χ3v) is 4.50.